The number of pyridine rings is 1. The van der Waals surface area contributed by atoms with Crippen LogP contribution in [-0.4, -0.2) is 33.7 Å². The number of fused-ring (bicyclic) bond motifs is 1. The zero-order valence-electron chi connectivity index (χ0n) is 13.3. The van der Waals surface area contributed by atoms with Crippen molar-refractivity contribution in [2.75, 3.05) is 11.9 Å². The molecule has 0 bridgehead atoms. The monoisotopic (exact) mass is 324 g/mol. The molecule has 7 heteroatoms. The lowest BCUT2D eigenvalue weighted by molar-refractivity contribution is -0.114. The largest absolute Gasteiger partial charge is 0.461 e. The van der Waals surface area contributed by atoms with Gasteiger partial charge in [-0.3, -0.25) is 9.89 Å². The van der Waals surface area contributed by atoms with Gasteiger partial charge in [-0.2, -0.15) is 5.10 Å². The molecule has 3 aromatic rings. The molecule has 0 radical (unpaired) electrons. The molecule has 24 heavy (non-hydrogen) atoms. The molecule has 0 atom stereocenters. The smallest absolute Gasteiger partial charge is 0.359 e. The van der Waals surface area contributed by atoms with Crippen molar-refractivity contribution in [3.8, 4) is 11.3 Å². The van der Waals surface area contributed by atoms with E-state index < -0.39 is 5.97 Å². The Morgan fingerprint density at radius 1 is 1.25 bits per heavy atom. The van der Waals surface area contributed by atoms with E-state index >= 15 is 0 Å². The van der Waals surface area contributed by atoms with Crippen molar-refractivity contribution in [3.05, 3.63) is 42.1 Å². The van der Waals surface area contributed by atoms with Gasteiger partial charge in [0.1, 0.15) is 0 Å². The van der Waals surface area contributed by atoms with Gasteiger partial charge in [-0.15, -0.1) is 0 Å². The van der Waals surface area contributed by atoms with Gasteiger partial charge in [0.15, 0.2) is 11.3 Å². The second-order valence-corrected chi connectivity index (χ2v) is 5.15. The van der Waals surface area contributed by atoms with Gasteiger partial charge in [-0.25, -0.2) is 9.78 Å². The highest BCUT2D eigenvalue weighted by molar-refractivity contribution is 6.01. The fourth-order valence-electron chi connectivity index (χ4n) is 2.38. The highest BCUT2D eigenvalue weighted by Gasteiger charge is 2.16. The van der Waals surface area contributed by atoms with Crippen molar-refractivity contribution in [3.63, 3.8) is 0 Å². The zero-order valence-corrected chi connectivity index (χ0v) is 13.3. The number of nitrogens with zero attached hydrogens (tertiary/aromatic N) is 2. The van der Waals surface area contributed by atoms with Crippen molar-refractivity contribution in [2.24, 2.45) is 0 Å². The number of anilines is 1. The Bertz CT molecular complexity index is 917. The van der Waals surface area contributed by atoms with E-state index in [2.05, 4.69) is 20.5 Å². The van der Waals surface area contributed by atoms with Gasteiger partial charge >= 0.3 is 5.97 Å². The molecule has 1 aromatic carbocycles. The van der Waals surface area contributed by atoms with Gasteiger partial charge in [0.2, 0.25) is 5.91 Å². The minimum Gasteiger partial charge on any atom is -0.461 e. The van der Waals surface area contributed by atoms with Crippen LogP contribution in [0.3, 0.4) is 0 Å². The zero-order chi connectivity index (χ0) is 17.1. The molecular formula is C17H16N4O3. The number of aromatic nitrogens is 3. The third-order valence-electron chi connectivity index (χ3n) is 3.37. The normalized spacial score (nSPS) is 10.6. The number of carbonyl (C=O) groups excluding carboxylic acids is 2. The maximum atomic E-state index is 11.8. The molecular weight excluding hydrogens is 308 g/mol. The van der Waals surface area contributed by atoms with E-state index in [-0.39, 0.29) is 18.2 Å². The van der Waals surface area contributed by atoms with Crippen molar-refractivity contribution in [1.29, 1.82) is 0 Å². The third kappa shape index (κ3) is 3.10. The topological polar surface area (TPSA) is 97.0 Å². The van der Waals surface area contributed by atoms with Crippen LogP contribution in [0.2, 0.25) is 0 Å². The summed E-state index contributed by atoms with van der Waals surface area (Å²) in [5.74, 6) is -0.617. The highest BCUT2D eigenvalue weighted by atomic mass is 16.5. The van der Waals surface area contributed by atoms with Gasteiger partial charge < -0.3 is 10.1 Å². The van der Waals surface area contributed by atoms with Gasteiger partial charge in [-0.05, 0) is 31.2 Å². The summed E-state index contributed by atoms with van der Waals surface area (Å²) in [6.07, 6.45) is 0. The standard InChI is InChI=1S/C17H16N4O3/c1-3-24-17(23)15-13-7-8-14(19-16(13)21-20-15)11-5-4-6-12(9-11)18-10(2)22/h4-9H,3H2,1-2H3,(H,18,22)(H,19,20,21). The summed E-state index contributed by atoms with van der Waals surface area (Å²) in [4.78, 5) is 27.5. The number of carbonyl (C=O) groups is 2. The summed E-state index contributed by atoms with van der Waals surface area (Å²) in [6, 6.07) is 10.9. The molecule has 0 aliphatic heterocycles. The third-order valence-corrected chi connectivity index (χ3v) is 3.37. The molecule has 0 spiro atoms. The highest BCUT2D eigenvalue weighted by Crippen LogP contribution is 2.24. The van der Waals surface area contributed by atoms with Crippen LogP contribution in [0.4, 0.5) is 5.69 Å². The fourth-order valence-corrected chi connectivity index (χ4v) is 2.38. The van der Waals surface area contributed by atoms with Gasteiger partial charge in [0.05, 0.1) is 17.7 Å². The lowest BCUT2D eigenvalue weighted by Gasteiger charge is -2.05. The Labute approximate surface area is 138 Å². The van der Waals surface area contributed by atoms with Crippen molar-refractivity contribution < 1.29 is 14.3 Å². The molecule has 0 aliphatic carbocycles. The van der Waals surface area contributed by atoms with Crippen molar-refractivity contribution in [2.45, 2.75) is 13.8 Å². The van der Waals surface area contributed by atoms with E-state index in [1.807, 2.05) is 18.2 Å². The van der Waals surface area contributed by atoms with Gasteiger partial charge in [0, 0.05) is 18.2 Å². The van der Waals surface area contributed by atoms with E-state index in [4.69, 9.17) is 4.74 Å². The Kier molecular flexibility index (Phi) is 4.24. The molecule has 2 aromatic heterocycles. The first-order chi connectivity index (χ1) is 11.6. The summed E-state index contributed by atoms with van der Waals surface area (Å²) in [5.41, 5.74) is 2.96. The number of hydrogen-bond donors (Lipinski definition) is 2. The van der Waals surface area contributed by atoms with Crippen LogP contribution in [0.25, 0.3) is 22.3 Å². The number of hydrogen-bond acceptors (Lipinski definition) is 5. The minimum atomic E-state index is -0.481. The molecule has 7 nitrogen and oxygen atoms in total. The summed E-state index contributed by atoms with van der Waals surface area (Å²) < 4.78 is 4.97. The number of rotatable bonds is 4. The predicted molar refractivity (Wildman–Crippen MR) is 89.6 cm³/mol. The number of benzene rings is 1. The van der Waals surface area contributed by atoms with Crippen LogP contribution in [0.15, 0.2) is 36.4 Å². The average Bonchev–Trinajstić information content (AvgIpc) is 2.98. The number of ether oxygens (including phenoxy) is 1. The van der Waals surface area contributed by atoms with Gasteiger partial charge in [0.25, 0.3) is 0 Å². The number of aromatic amines is 1. The molecule has 0 saturated heterocycles. The van der Waals surface area contributed by atoms with Crippen LogP contribution in [-0.2, 0) is 9.53 Å². The molecule has 0 saturated carbocycles. The quantitative estimate of drug-likeness (QED) is 0.719. The molecule has 0 aliphatic rings. The summed E-state index contributed by atoms with van der Waals surface area (Å²) in [7, 11) is 0. The summed E-state index contributed by atoms with van der Waals surface area (Å²) >= 11 is 0. The first-order valence-electron chi connectivity index (χ1n) is 7.48. The number of nitrogens with one attached hydrogen (secondary N) is 2. The van der Waals surface area contributed by atoms with E-state index in [0.717, 1.165) is 5.56 Å². The average molecular weight is 324 g/mol. The maximum Gasteiger partial charge on any atom is 0.359 e. The summed E-state index contributed by atoms with van der Waals surface area (Å²) in [5, 5.41) is 10.1. The second-order valence-electron chi connectivity index (χ2n) is 5.15. The van der Waals surface area contributed by atoms with Crippen LogP contribution < -0.4 is 5.32 Å². The Balaban J connectivity index is 1.97. The van der Waals surface area contributed by atoms with E-state index in [0.29, 0.717) is 22.4 Å². The molecule has 1 amide bonds. The van der Waals surface area contributed by atoms with Crippen LogP contribution in [0.1, 0.15) is 24.3 Å². The predicted octanol–water partition coefficient (Wildman–Crippen LogP) is 2.76. The Morgan fingerprint density at radius 3 is 2.83 bits per heavy atom. The lowest BCUT2D eigenvalue weighted by Crippen LogP contribution is -2.05. The molecule has 122 valence electrons. The minimum absolute atomic E-state index is 0.136. The second kappa shape index (κ2) is 6.49. The molecule has 2 N–H and O–H groups in total. The van der Waals surface area contributed by atoms with Crippen LogP contribution in [0, 0.1) is 0 Å². The van der Waals surface area contributed by atoms with Crippen LogP contribution >= 0.6 is 0 Å². The maximum absolute atomic E-state index is 11.8. The van der Waals surface area contributed by atoms with E-state index in [1.54, 1.807) is 25.1 Å². The number of amides is 1. The number of esters is 1. The summed E-state index contributed by atoms with van der Waals surface area (Å²) in [6.45, 7) is 3.48. The molecule has 0 unspecified atom stereocenters. The van der Waals surface area contributed by atoms with Crippen molar-refractivity contribution >= 4 is 28.6 Å². The SMILES string of the molecule is CCOC(=O)c1n[nH]c2nc(-c3cccc(NC(C)=O)c3)ccc12. The number of H-pyrrole nitrogens is 1. The first-order valence-corrected chi connectivity index (χ1v) is 7.48. The van der Waals surface area contributed by atoms with Gasteiger partial charge in [-0.1, -0.05) is 12.1 Å². The van der Waals surface area contributed by atoms with E-state index in [9.17, 15) is 9.59 Å². The Hall–Kier alpha value is -3.22. The van der Waals surface area contributed by atoms with Crippen molar-refractivity contribution in [1.82, 2.24) is 15.2 Å². The molecule has 0 fully saturated rings. The van der Waals surface area contributed by atoms with E-state index in [1.165, 1.54) is 6.92 Å². The lowest BCUT2D eigenvalue weighted by atomic mass is 10.1. The first kappa shape index (κ1) is 15.7. The van der Waals surface area contributed by atoms with Crippen LogP contribution in [0.5, 0.6) is 0 Å². The molecule has 3 rings (SSSR count). The Morgan fingerprint density at radius 2 is 2.08 bits per heavy atom. The fraction of sp³-hybridized carbons (Fsp3) is 0.176. The molecule has 2 heterocycles.